The van der Waals surface area contributed by atoms with E-state index in [4.69, 9.17) is 4.74 Å². The van der Waals surface area contributed by atoms with Crippen molar-refractivity contribution in [2.24, 2.45) is 56.7 Å². The Morgan fingerprint density at radius 3 is 2.33 bits per heavy atom. The second-order valence-corrected chi connectivity index (χ2v) is 20.2. The van der Waals surface area contributed by atoms with Crippen molar-refractivity contribution in [3.63, 3.8) is 0 Å². The van der Waals surface area contributed by atoms with Crippen LogP contribution in [0, 0.1) is 56.7 Å². The molecular weight excluding hydrogens is 640 g/mol. The van der Waals surface area contributed by atoms with Crippen LogP contribution in [0.3, 0.4) is 0 Å². The molecule has 0 spiro atoms. The van der Waals surface area contributed by atoms with Gasteiger partial charge in [0.1, 0.15) is 6.10 Å². The van der Waals surface area contributed by atoms with Crippen LogP contribution in [-0.4, -0.2) is 77.8 Å². The predicted octanol–water partition coefficient (Wildman–Crippen LogP) is 7.42. The van der Waals surface area contributed by atoms with Crippen LogP contribution in [0.2, 0.25) is 0 Å². The number of rotatable bonds is 11. The molecule has 0 aromatic rings. The third kappa shape index (κ3) is 6.47. The summed E-state index contributed by atoms with van der Waals surface area (Å²) in [4.78, 5) is 41.2. The van der Waals surface area contributed by atoms with E-state index in [0.29, 0.717) is 42.7 Å². The summed E-state index contributed by atoms with van der Waals surface area (Å²) in [5, 5.41) is 25.3. The molecule has 0 aromatic heterocycles. The molecule has 6 rings (SSSR count). The minimum absolute atomic E-state index is 0.108. The zero-order chi connectivity index (χ0) is 37.3. The lowest BCUT2D eigenvalue weighted by Crippen LogP contribution is -2.63. The smallest absolute Gasteiger partial charge is 0.309 e. The molecule has 4 saturated carbocycles. The molecule has 1 heterocycles. The Labute approximate surface area is 308 Å². The number of ether oxygens (including phenoxy) is 1. The highest BCUT2D eigenvalue weighted by Gasteiger charge is 2.67. The van der Waals surface area contributed by atoms with Crippen molar-refractivity contribution in [2.75, 3.05) is 26.7 Å². The van der Waals surface area contributed by atoms with Crippen LogP contribution in [0.25, 0.3) is 0 Å². The molecule has 0 amide bonds. The standard InChI is InChI=1S/C43H70N2O6/c1-26(2)36-30(46)23-43(33(47)25-44-21-17-27-11-10-22-45(27)9)20-14-29-28(37(36)43)12-13-32-41(29,7)18-15-31-40(5,6)34(16-19-42(31,32)8)51-35(48)24-39(3,4)38(49)50/h26-29,31-34,44,47H,10-25H2,1-9H3,(H,49,50). The predicted molar refractivity (Wildman–Crippen MR) is 200 cm³/mol. The maximum atomic E-state index is 13.9. The summed E-state index contributed by atoms with van der Waals surface area (Å²) in [5.74, 6) is 0.817. The molecule has 6 aliphatic rings. The normalized spacial score (nSPS) is 40.0. The number of likely N-dealkylation sites (tertiary alicyclic amines) is 1. The van der Waals surface area contributed by atoms with Crippen molar-refractivity contribution >= 4 is 17.7 Å². The highest BCUT2D eigenvalue weighted by Crippen LogP contribution is 2.73. The molecule has 1 aliphatic heterocycles. The number of ketones is 1. The molecule has 0 aromatic carbocycles. The monoisotopic (exact) mass is 711 g/mol. The Kier molecular flexibility index (Phi) is 10.6. The van der Waals surface area contributed by atoms with Gasteiger partial charge in [-0.2, -0.15) is 0 Å². The maximum absolute atomic E-state index is 13.9. The number of aliphatic hydroxyl groups excluding tert-OH is 1. The Hall–Kier alpha value is -1.77. The molecule has 0 bridgehead atoms. The Bertz CT molecular complexity index is 1400. The third-order valence-corrected chi connectivity index (χ3v) is 16.3. The second kappa shape index (κ2) is 13.8. The van der Waals surface area contributed by atoms with E-state index >= 15 is 0 Å². The van der Waals surface area contributed by atoms with Crippen LogP contribution in [0.15, 0.2) is 11.1 Å². The zero-order valence-electron chi connectivity index (χ0n) is 33.4. The Balaban J connectivity index is 1.20. The van der Waals surface area contributed by atoms with E-state index < -0.39 is 28.9 Å². The van der Waals surface area contributed by atoms with Gasteiger partial charge >= 0.3 is 11.9 Å². The number of carboxylic acids is 1. The maximum Gasteiger partial charge on any atom is 0.309 e. The number of aliphatic hydroxyl groups is 1. The van der Waals surface area contributed by atoms with Gasteiger partial charge in [0.15, 0.2) is 5.78 Å². The SMILES string of the molecule is CC(C)C1=C2C3CCC4C(C)(CCC5C(C)(C)C(OC(=O)CC(C)(C)C(=O)O)CCC54C)C3CCC2(C(O)CNCCC2CCCN2C)CC1=O. The van der Waals surface area contributed by atoms with E-state index in [0.717, 1.165) is 69.9 Å². The number of esters is 1. The van der Waals surface area contributed by atoms with Gasteiger partial charge in [0, 0.05) is 29.8 Å². The van der Waals surface area contributed by atoms with Crippen molar-refractivity contribution in [3.05, 3.63) is 11.1 Å². The lowest BCUT2D eigenvalue weighted by molar-refractivity contribution is -0.214. The molecule has 3 N–H and O–H groups in total. The van der Waals surface area contributed by atoms with Gasteiger partial charge in [-0.25, -0.2) is 0 Å². The van der Waals surface area contributed by atoms with Crippen LogP contribution in [0.4, 0.5) is 0 Å². The van der Waals surface area contributed by atoms with Crippen LogP contribution in [0.5, 0.6) is 0 Å². The number of aliphatic carboxylic acids is 1. The molecule has 51 heavy (non-hydrogen) atoms. The van der Waals surface area contributed by atoms with E-state index in [-0.39, 0.29) is 40.5 Å². The number of carbonyl (C=O) groups excluding carboxylic acids is 2. The van der Waals surface area contributed by atoms with Gasteiger partial charge in [-0.1, -0.05) is 47.1 Å². The minimum Gasteiger partial charge on any atom is -0.481 e. The van der Waals surface area contributed by atoms with Crippen LogP contribution < -0.4 is 5.32 Å². The first-order chi connectivity index (χ1) is 23.8. The van der Waals surface area contributed by atoms with Crippen molar-refractivity contribution in [2.45, 2.75) is 157 Å². The summed E-state index contributed by atoms with van der Waals surface area (Å²) in [6.45, 7) is 19.8. The van der Waals surface area contributed by atoms with Gasteiger partial charge in [0.2, 0.25) is 0 Å². The lowest BCUT2D eigenvalue weighted by atomic mass is 9.36. The minimum atomic E-state index is -1.15. The number of carbonyl (C=O) groups is 3. The van der Waals surface area contributed by atoms with E-state index in [1.54, 1.807) is 13.8 Å². The average molecular weight is 711 g/mol. The summed E-state index contributed by atoms with van der Waals surface area (Å²) in [5.41, 5.74) is 0.813. The molecule has 10 atom stereocenters. The fourth-order valence-electron chi connectivity index (χ4n) is 13.6. The molecule has 5 fully saturated rings. The van der Waals surface area contributed by atoms with Crippen LogP contribution >= 0.6 is 0 Å². The van der Waals surface area contributed by atoms with Gasteiger partial charge in [-0.05, 0) is 151 Å². The summed E-state index contributed by atoms with van der Waals surface area (Å²) in [6, 6.07) is 0.624. The zero-order valence-corrected chi connectivity index (χ0v) is 33.4. The number of fused-ring (bicyclic) bond motifs is 7. The van der Waals surface area contributed by atoms with Crippen molar-refractivity contribution in [1.82, 2.24) is 10.2 Å². The van der Waals surface area contributed by atoms with E-state index in [1.807, 2.05) is 0 Å². The molecule has 0 radical (unpaired) electrons. The Morgan fingerprint density at radius 1 is 0.980 bits per heavy atom. The van der Waals surface area contributed by atoms with E-state index in [1.165, 1.54) is 25.0 Å². The molecule has 1 saturated heterocycles. The number of allylic oxidation sites excluding steroid dienone is 1. The second-order valence-electron chi connectivity index (χ2n) is 20.2. The molecule has 8 nitrogen and oxygen atoms in total. The molecule has 10 unspecified atom stereocenters. The average Bonchev–Trinajstić information content (AvgIpc) is 3.59. The summed E-state index contributed by atoms with van der Waals surface area (Å²) >= 11 is 0. The van der Waals surface area contributed by atoms with Gasteiger partial charge in [0.25, 0.3) is 0 Å². The van der Waals surface area contributed by atoms with Gasteiger partial charge in [-0.3, -0.25) is 14.4 Å². The van der Waals surface area contributed by atoms with E-state index in [2.05, 4.69) is 58.8 Å². The fraction of sp³-hybridized carbons (Fsp3) is 0.884. The van der Waals surface area contributed by atoms with Crippen LogP contribution in [-0.2, 0) is 19.1 Å². The van der Waals surface area contributed by atoms with Crippen molar-refractivity contribution < 1.29 is 29.3 Å². The molecular formula is C43H70N2O6. The number of nitrogens with zero attached hydrogens (tertiary/aromatic N) is 1. The third-order valence-electron chi connectivity index (χ3n) is 16.3. The fourth-order valence-corrected chi connectivity index (χ4v) is 13.6. The van der Waals surface area contributed by atoms with Crippen LogP contribution in [0.1, 0.15) is 139 Å². The topological polar surface area (TPSA) is 116 Å². The number of carboxylic acid groups (broad SMARTS) is 1. The molecule has 8 heteroatoms. The first kappa shape index (κ1) is 38.9. The van der Waals surface area contributed by atoms with Gasteiger partial charge in [0.05, 0.1) is 17.9 Å². The lowest BCUT2D eigenvalue weighted by Gasteiger charge is -2.69. The number of nitrogens with one attached hydrogen (secondary N) is 1. The number of Topliss-reactive ketones (excluding diaryl/α,β-unsaturated/α-hetero) is 1. The molecule has 5 aliphatic carbocycles. The molecule has 288 valence electrons. The number of hydrogen-bond acceptors (Lipinski definition) is 7. The first-order valence-electron chi connectivity index (χ1n) is 20.6. The quantitative estimate of drug-likeness (QED) is 0.150. The Morgan fingerprint density at radius 2 is 1.69 bits per heavy atom. The number of hydrogen-bond donors (Lipinski definition) is 3. The first-order valence-corrected chi connectivity index (χ1v) is 20.6. The summed E-state index contributed by atoms with van der Waals surface area (Å²) in [7, 11) is 2.22. The largest absolute Gasteiger partial charge is 0.481 e. The van der Waals surface area contributed by atoms with Crippen molar-refractivity contribution in [3.8, 4) is 0 Å². The highest BCUT2D eigenvalue weighted by atomic mass is 16.5. The van der Waals surface area contributed by atoms with Gasteiger partial charge in [-0.15, -0.1) is 0 Å². The van der Waals surface area contributed by atoms with Gasteiger partial charge < -0.3 is 25.2 Å². The summed E-state index contributed by atoms with van der Waals surface area (Å²) < 4.78 is 6.15. The van der Waals surface area contributed by atoms with Crippen molar-refractivity contribution in [1.29, 1.82) is 0 Å². The highest BCUT2D eigenvalue weighted by molar-refractivity contribution is 6.00. The van der Waals surface area contributed by atoms with E-state index in [9.17, 15) is 24.6 Å². The summed E-state index contributed by atoms with van der Waals surface area (Å²) in [6.07, 6.45) is 11.3.